The molecule has 2 amide bonds. The lowest BCUT2D eigenvalue weighted by molar-refractivity contribution is -0.116. The van der Waals surface area contributed by atoms with E-state index < -0.39 is 6.04 Å². The largest absolute Gasteiger partial charge is 0.497 e. The van der Waals surface area contributed by atoms with Crippen LogP contribution in [0.3, 0.4) is 0 Å². The third-order valence-corrected chi connectivity index (χ3v) is 8.45. The maximum Gasteiger partial charge on any atom is 0.258 e. The molecule has 2 aromatic rings. The highest BCUT2D eigenvalue weighted by atomic mass is 16.5. The number of aliphatic hydroxyl groups excluding tert-OH is 1. The highest BCUT2D eigenvalue weighted by Crippen LogP contribution is 2.29. The average Bonchev–Trinajstić information content (AvgIpc) is 3.02. The van der Waals surface area contributed by atoms with Gasteiger partial charge in [0, 0.05) is 44.3 Å². The van der Waals surface area contributed by atoms with E-state index >= 15 is 0 Å². The van der Waals surface area contributed by atoms with Gasteiger partial charge in [-0.1, -0.05) is 19.1 Å². The lowest BCUT2D eigenvalue weighted by atomic mass is 10.0. The van der Waals surface area contributed by atoms with Gasteiger partial charge in [-0.3, -0.25) is 14.5 Å². The fourth-order valence-electron chi connectivity index (χ4n) is 5.66. The first-order valence-electron chi connectivity index (χ1n) is 16.6. The molecule has 46 heavy (non-hydrogen) atoms. The van der Waals surface area contributed by atoms with Crippen molar-refractivity contribution in [3.05, 3.63) is 53.6 Å². The monoisotopic (exact) mass is 640 g/mol. The summed E-state index contributed by atoms with van der Waals surface area (Å²) in [4.78, 5) is 33.0. The van der Waals surface area contributed by atoms with Crippen LogP contribution in [-0.4, -0.2) is 111 Å². The van der Waals surface area contributed by atoms with Gasteiger partial charge in [0.2, 0.25) is 5.91 Å². The number of amides is 2. The Hall–Kier alpha value is -3.18. The van der Waals surface area contributed by atoms with E-state index in [1.165, 1.54) is 5.56 Å². The van der Waals surface area contributed by atoms with Crippen molar-refractivity contribution in [3.63, 3.8) is 0 Å². The number of ether oxygens (including phenoxy) is 3. The van der Waals surface area contributed by atoms with Crippen LogP contribution in [0.15, 0.2) is 42.5 Å². The summed E-state index contributed by atoms with van der Waals surface area (Å²) in [5.41, 5.74) is 2.09. The normalized spacial score (nSPS) is 20.5. The van der Waals surface area contributed by atoms with Gasteiger partial charge in [-0.25, -0.2) is 0 Å². The summed E-state index contributed by atoms with van der Waals surface area (Å²) < 4.78 is 18.1. The molecule has 0 bridgehead atoms. The maximum atomic E-state index is 14.3. The molecule has 1 aliphatic heterocycles. The van der Waals surface area contributed by atoms with Crippen molar-refractivity contribution >= 4 is 17.5 Å². The highest BCUT2D eigenvalue weighted by molar-refractivity contribution is 5.99. The van der Waals surface area contributed by atoms with Crippen molar-refractivity contribution in [2.75, 3.05) is 66.4 Å². The Bertz CT molecular complexity index is 1220. The van der Waals surface area contributed by atoms with Crippen LogP contribution in [0, 0.1) is 5.92 Å². The summed E-state index contributed by atoms with van der Waals surface area (Å²) in [6, 6.07) is 12.9. The number of nitrogens with one attached hydrogen (secondary N) is 1. The quantitative estimate of drug-likeness (QED) is 0.338. The summed E-state index contributed by atoms with van der Waals surface area (Å²) in [5, 5.41) is 13.2. The molecule has 2 N–H and O–H groups in total. The fraction of sp³-hybridized carbons (Fsp3) is 0.611. The zero-order valence-corrected chi connectivity index (χ0v) is 29.0. The SMILES string of the molecule is COc1ccc(CN(C)C[C@@H]2OCCCC[C@H](C)Oc3ccc(NC(=O)CCCN(C)C)cc3C(=O)N([C@@H](C)CO)C[C@H]2C)cc1. The van der Waals surface area contributed by atoms with E-state index in [4.69, 9.17) is 14.2 Å². The minimum atomic E-state index is -0.435. The van der Waals surface area contributed by atoms with E-state index in [0.717, 1.165) is 44.5 Å². The summed E-state index contributed by atoms with van der Waals surface area (Å²) in [5.74, 6) is 0.934. The lowest BCUT2D eigenvalue weighted by Gasteiger charge is -2.36. The molecule has 0 saturated heterocycles. The molecule has 10 heteroatoms. The third kappa shape index (κ3) is 11.9. The smallest absolute Gasteiger partial charge is 0.258 e. The maximum absolute atomic E-state index is 14.3. The van der Waals surface area contributed by atoms with Crippen LogP contribution in [0.2, 0.25) is 0 Å². The standard InChI is InChI=1S/C36H56N4O6/c1-26-22-40(27(2)25-41)36(43)32-21-30(37-35(42)12-10-19-38(4)5)15-18-33(32)46-28(3)11-8-9-20-45-34(26)24-39(6)23-29-13-16-31(44-7)17-14-29/h13-18,21,26-28,34,41H,8-12,19-20,22-25H2,1-7H3,(H,37,42)/t26-,27+,28+,34+/m1/s1. The molecule has 0 radical (unpaired) electrons. The van der Waals surface area contributed by atoms with Crippen LogP contribution < -0.4 is 14.8 Å². The number of aliphatic hydroxyl groups is 1. The molecule has 0 aliphatic carbocycles. The number of anilines is 1. The van der Waals surface area contributed by atoms with Gasteiger partial charge in [-0.05, 0) is 103 Å². The van der Waals surface area contributed by atoms with Gasteiger partial charge in [-0.2, -0.15) is 0 Å². The molecule has 0 unspecified atom stereocenters. The molecular formula is C36H56N4O6. The Morgan fingerprint density at radius 1 is 1.13 bits per heavy atom. The van der Waals surface area contributed by atoms with Gasteiger partial charge in [-0.15, -0.1) is 0 Å². The number of benzene rings is 2. The van der Waals surface area contributed by atoms with E-state index in [1.807, 2.05) is 45.0 Å². The molecule has 1 aliphatic rings. The van der Waals surface area contributed by atoms with Gasteiger partial charge >= 0.3 is 0 Å². The summed E-state index contributed by atoms with van der Waals surface area (Å²) in [7, 11) is 7.70. The van der Waals surface area contributed by atoms with Gasteiger partial charge < -0.3 is 34.4 Å². The zero-order chi connectivity index (χ0) is 33.6. The van der Waals surface area contributed by atoms with Gasteiger partial charge in [0.25, 0.3) is 5.91 Å². The minimum Gasteiger partial charge on any atom is -0.497 e. The Morgan fingerprint density at radius 3 is 2.54 bits per heavy atom. The van der Waals surface area contributed by atoms with Gasteiger partial charge in [0.05, 0.1) is 37.5 Å². The molecule has 0 saturated carbocycles. The van der Waals surface area contributed by atoms with Crippen LogP contribution in [0.25, 0.3) is 0 Å². The number of carbonyl (C=O) groups excluding carboxylic acids is 2. The molecule has 3 rings (SSSR count). The fourth-order valence-corrected chi connectivity index (χ4v) is 5.66. The van der Waals surface area contributed by atoms with E-state index in [1.54, 1.807) is 30.2 Å². The highest BCUT2D eigenvalue weighted by Gasteiger charge is 2.30. The summed E-state index contributed by atoms with van der Waals surface area (Å²) in [6.45, 7) is 9.03. The molecule has 1 heterocycles. The molecule has 10 nitrogen and oxygen atoms in total. The number of nitrogens with zero attached hydrogens (tertiary/aromatic N) is 3. The van der Waals surface area contributed by atoms with Crippen LogP contribution in [0.4, 0.5) is 5.69 Å². The molecule has 4 atom stereocenters. The van der Waals surface area contributed by atoms with Crippen LogP contribution in [0.5, 0.6) is 11.5 Å². The predicted octanol–water partition coefficient (Wildman–Crippen LogP) is 4.90. The molecule has 0 spiro atoms. The number of methoxy groups -OCH3 is 1. The van der Waals surface area contributed by atoms with E-state index in [-0.39, 0.29) is 36.5 Å². The molecule has 256 valence electrons. The first-order valence-corrected chi connectivity index (χ1v) is 16.6. The number of hydrogen-bond donors (Lipinski definition) is 2. The van der Waals surface area contributed by atoms with E-state index in [0.29, 0.717) is 43.1 Å². The zero-order valence-electron chi connectivity index (χ0n) is 29.0. The summed E-state index contributed by atoms with van der Waals surface area (Å²) in [6.07, 6.45) is 3.53. The Labute approximate surface area is 276 Å². The number of likely N-dealkylation sites (N-methyl/N-ethyl adjacent to an activating group) is 1. The lowest BCUT2D eigenvalue weighted by Crippen LogP contribution is -2.47. The van der Waals surface area contributed by atoms with Crippen molar-refractivity contribution < 1.29 is 28.9 Å². The molecule has 0 aromatic heterocycles. The van der Waals surface area contributed by atoms with Crippen molar-refractivity contribution in [2.24, 2.45) is 5.92 Å². The Kier molecular flexibility index (Phi) is 15.3. The number of rotatable bonds is 12. The van der Waals surface area contributed by atoms with Crippen molar-refractivity contribution in [2.45, 2.75) is 77.7 Å². The van der Waals surface area contributed by atoms with Crippen LogP contribution in [-0.2, 0) is 16.1 Å². The van der Waals surface area contributed by atoms with Crippen LogP contribution >= 0.6 is 0 Å². The van der Waals surface area contributed by atoms with Crippen molar-refractivity contribution in [1.82, 2.24) is 14.7 Å². The van der Waals surface area contributed by atoms with E-state index in [2.05, 4.69) is 36.3 Å². The third-order valence-electron chi connectivity index (χ3n) is 8.45. The Morgan fingerprint density at radius 2 is 1.87 bits per heavy atom. The van der Waals surface area contributed by atoms with Gasteiger partial charge in [0.15, 0.2) is 0 Å². The first kappa shape index (κ1) is 37.3. The second-order valence-corrected chi connectivity index (χ2v) is 13.0. The average molecular weight is 641 g/mol. The van der Waals surface area contributed by atoms with Crippen molar-refractivity contribution in [1.29, 1.82) is 0 Å². The molecular weight excluding hydrogens is 584 g/mol. The van der Waals surface area contributed by atoms with Crippen LogP contribution in [0.1, 0.15) is 68.8 Å². The molecule has 0 fully saturated rings. The minimum absolute atomic E-state index is 0.0258. The van der Waals surface area contributed by atoms with Crippen molar-refractivity contribution in [3.8, 4) is 11.5 Å². The number of hydrogen-bond acceptors (Lipinski definition) is 8. The predicted molar refractivity (Wildman–Crippen MR) is 183 cm³/mol. The topological polar surface area (TPSA) is 104 Å². The number of fused-ring (bicyclic) bond motifs is 1. The number of carbonyl (C=O) groups is 2. The van der Waals surface area contributed by atoms with E-state index in [9.17, 15) is 14.7 Å². The Balaban J connectivity index is 1.85. The van der Waals surface area contributed by atoms with Gasteiger partial charge in [0.1, 0.15) is 11.5 Å². The molecule has 2 aromatic carbocycles. The second kappa shape index (κ2) is 18.8. The summed E-state index contributed by atoms with van der Waals surface area (Å²) >= 11 is 0. The first-order chi connectivity index (χ1) is 22.0. The second-order valence-electron chi connectivity index (χ2n) is 13.0.